The highest BCUT2D eigenvalue weighted by Crippen LogP contribution is 2.24. The first kappa shape index (κ1) is 20.1. The lowest BCUT2D eigenvalue weighted by Crippen LogP contribution is -2.43. The lowest BCUT2D eigenvalue weighted by molar-refractivity contribution is -0.124. The second kappa shape index (κ2) is 9.03. The molecular weight excluding hydrogens is 368 g/mol. The van der Waals surface area contributed by atoms with Crippen molar-refractivity contribution < 1.29 is 22.7 Å². The summed E-state index contributed by atoms with van der Waals surface area (Å²) in [5.41, 5.74) is 0. The van der Waals surface area contributed by atoms with Gasteiger partial charge in [0.05, 0.1) is 18.1 Å². The fraction of sp³-hybridized carbons (Fsp3) is 0.632. The van der Waals surface area contributed by atoms with Crippen LogP contribution in [0.15, 0.2) is 29.2 Å². The SMILES string of the molecule is C[C@H]1CCCC[C@@H]1NC(=O)COc1ccc(S(=O)(=O)N2CCOCC2)cc1. The Morgan fingerprint density at radius 3 is 2.52 bits per heavy atom. The Labute approximate surface area is 161 Å². The smallest absolute Gasteiger partial charge is 0.258 e. The Bertz CT molecular complexity index is 729. The van der Waals surface area contributed by atoms with Gasteiger partial charge in [-0.05, 0) is 43.0 Å². The molecule has 1 aliphatic carbocycles. The molecule has 150 valence electrons. The lowest BCUT2D eigenvalue weighted by Gasteiger charge is -2.29. The number of sulfonamides is 1. The van der Waals surface area contributed by atoms with Gasteiger partial charge in [-0.15, -0.1) is 0 Å². The van der Waals surface area contributed by atoms with Crippen LogP contribution >= 0.6 is 0 Å². The van der Waals surface area contributed by atoms with E-state index in [1.165, 1.54) is 22.9 Å². The van der Waals surface area contributed by atoms with Crippen molar-refractivity contribution in [3.8, 4) is 5.75 Å². The molecule has 2 fully saturated rings. The maximum absolute atomic E-state index is 12.6. The minimum Gasteiger partial charge on any atom is -0.484 e. The second-order valence-electron chi connectivity index (χ2n) is 7.21. The number of ether oxygens (including phenoxy) is 2. The summed E-state index contributed by atoms with van der Waals surface area (Å²) in [6.07, 6.45) is 4.53. The molecule has 1 saturated carbocycles. The van der Waals surface area contributed by atoms with E-state index in [1.807, 2.05) is 0 Å². The number of nitrogens with zero attached hydrogens (tertiary/aromatic N) is 1. The topological polar surface area (TPSA) is 84.9 Å². The zero-order valence-electron chi connectivity index (χ0n) is 15.7. The standard InChI is InChI=1S/C19H28N2O5S/c1-15-4-2-3-5-18(15)20-19(22)14-26-16-6-8-17(9-7-16)27(23,24)21-10-12-25-13-11-21/h6-9,15,18H,2-5,10-14H2,1H3,(H,20,22)/t15-,18-/m0/s1. The summed E-state index contributed by atoms with van der Waals surface area (Å²) in [5, 5.41) is 3.04. The maximum Gasteiger partial charge on any atom is 0.258 e. The Hall–Kier alpha value is -1.64. The third-order valence-corrected chi connectivity index (χ3v) is 7.17. The molecule has 0 unspecified atom stereocenters. The van der Waals surface area contributed by atoms with Crippen LogP contribution in [0.1, 0.15) is 32.6 Å². The van der Waals surface area contributed by atoms with Crippen LogP contribution < -0.4 is 10.1 Å². The van der Waals surface area contributed by atoms with Gasteiger partial charge >= 0.3 is 0 Å². The number of hydrogen-bond donors (Lipinski definition) is 1. The minimum atomic E-state index is -3.52. The van der Waals surface area contributed by atoms with E-state index < -0.39 is 10.0 Å². The minimum absolute atomic E-state index is 0.0707. The third kappa shape index (κ3) is 5.21. The van der Waals surface area contributed by atoms with Gasteiger partial charge in [-0.3, -0.25) is 4.79 Å². The molecular formula is C19H28N2O5S. The van der Waals surface area contributed by atoms with E-state index in [9.17, 15) is 13.2 Å². The van der Waals surface area contributed by atoms with Crippen LogP contribution in [0.25, 0.3) is 0 Å². The molecule has 27 heavy (non-hydrogen) atoms. The van der Waals surface area contributed by atoms with Crippen molar-refractivity contribution in [1.29, 1.82) is 0 Å². The van der Waals surface area contributed by atoms with Crippen LogP contribution in [-0.4, -0.2) is 57.6 Å². The molecule has 1 heterocycles. The van der Waals surface area contributed by atoms with Crippen LogP contribution in [0.4, 0.5) is 0 Å². The lowest BCUT2D eigenvalue weighted by atomic mass is 9.86. The molecule has 1 aromatic rings. The number of carbonyl (C=O) groups excluding carboxylic acids is 1. The third-order valence-electron chi connectivity index (χ3n) is 5.26. The summed E-state index contributed by atoms with van der Waals surface area (Å²) in [7, 11) is -3.52. The van der Waals surface area contributed by atoms with Gasteiger partial charge in [-0.1, -0.05) is 19.8 Å². The number of morpholine rings is 1. The van der Waals surface area contributed by atoms with Crippen molar-refractivity contribution in [2.75, 3.05) is 32.9 Å². The van der Waals surface area contributed by atoms with Crippen molar-refractivity contribution in [1.82, 2.24) is 9.62 Å². The van der Waals surface area contributed by atoms with Crippen molar-refractivity contribution in [3.63, 3.8) is 0 Å². The molecule has 1 aromatic carbocycles. The summed E-state index contributed by atoms with van der Waals surface area (Å²) in [6.45, 7) is 3.64. The summed E-state index contributed by atoms with van der Waals surface area (Å²) < 4.78 is 37.3. The van der Waals surface area contributed by atoms with Gasteiger partial charge in [0.15, 0.2) is 6.61 Å². The predicted molar refractivity (Wildman–Crippen MR) is 101 cm³/mol. The number of rotatable bonds is 6. The number of hydrogen-bond acceptors (Lipinski definition) is 5. The zero-order valence-corrected chi connectivity index (χ0v) is 16.5. The largest absolute Gasteiger partial charge is 0.484 e. The Balaban J connectivity index is 1.52. The van der Waals surface area contributed by atoms with E-state index >= 15 is 0 Å². The van der Waals surface area contributed by atoms with Gasteiger partial charge < -0.3 is 14.8 Å². The number of benzene rings is 1. The van der Waals surface area contributed by atoms with E-state index in [-0.39, 0.29) is 23.5 Å². The van der Waals surface area contributed by atoms with Crippen LogP contribution in [0.2, 0.25) is 0 Å². The molecule has 1 amide bonds. The van der Waals surface area contributed by atoms with Gasteiger partial charge in [0.1, 0.15) is 5.75 Å². The molecule has 7 nitrogen and oxygen atoms in total. The predicted octanol–water partition coefficient (Wildman–Crippen LogP) is 1.78. The van der Waals surface area contributed by atoms with Crippen LogP contribution in [0.3, 0.4) is 0 Å². The first-order valence-corrected chi connectivity index (χ1v) is 11.0. The average Bonchev–Trinajstić information content (AvgIpc) is 2.69. The summed E-state index contributed by atoms with van der Waals surface area (Å²) in [5.74, 6) is 0.828. The van der Waals surface area contributed by atoms with E-state index in [4.69, 9.17) is 9.47 Å². The summed E-state index contributed by atoms with van der Waals surface area (Å²) >= 11 is 0. The zero-order chi connectivity index (χ0) is 19.3. The van der Waals surface area contributed by atoms with Crippen molar-refractivity contribution in [3.05, 3.63) is 24.3 Å². The van der Waals surface area contributed by atoms with Crippen molar-refractivity contribution >= 4 is 15.9 Å². The highest BCUT2D eigenvalue weighted by molar-refractivity contribution is 7.89. The van der Waals surface area contributed by atoms with Crippen LogP contribution in [0, 0.1) is 5.92 Å². The molecule has 1 N–H and O–H groups in total. The summed E-state index contributed by atoms with van der Waals surface area (Å²) in [6, 6.07) is 6.42. The molecule has 0 spiro atoms. The molecule has 0 aromatic heterocycles. The van der Waals surface area contributed by atoms with E-state index in [0.717, 1.165) is 19.3 Å². The Kier molecular flexibility index (Phi) is 6.73. The van der Waals surface area contributed by atoms with Gasteiger partial charge in [0, 0.05) is 19.1 Å². The summed E-state index contributed by atoms with van der Waals surface area (Å²) in [4.78, 5) is 12.3. The molecule has 3 rings (SSSR count). The second-order valence-corrected chi connectivity index (χ2v) is 9.15. The average molecular weight is 397 g/mol. The molecule has 8 heteroatoms. The van der Waals surface area contributed by atoms with Gasteiger partial charge in [-0.25, -0.2) is 8.42 Å². The van der Waals surface area contributed by atoms with Crippen molar-refractivity contribution in [2.45, 2.75) is 43.5 Å². The van der Waals surface area contributed by atoms with E-state index in [2.05, 4.69) is 12.2 Å². The molecule has 1 saturated heterocycles. The fourth-order valence-electron chi connectivity index (χ4n) is 3.57. The molecule has 1 aliphatic heterocycles. The Morgan fingerprint density at radius 2 is 1.85 bits per heavy atom. The molecule has 0 radical (unpaired) electrons. The van der Waals surface area contributed by atoms with E-state index in [1.54, 1.807) is 12.1 Å². The van der Waals surface area contributed by atoms with Crippen LogP contribution in [0.5, 0.6) is 5.75 Å². The first-order valence-electron chi connectivity index (χ1n) is 9.57. The van der Waals surface area contributed by atoms with E-state index in [0.29, 0.717) is 38.0 Å². The number of nitrogens with one attached hydrogen (secondary N) is 1. The number of amides is 1. The molecule has 2 atom stereocenters. The first-order chi connectivity index (χ1) is 13.0. The maximum atomic E-state index is 12.6. The van der Waals surface area contributed by atoms with Crippen molar-refractivity contribution in [2.24, 2.45) is 5.92 Å². The fourth-order valence-corrected chi connectivity index (χ4v) is 4.98. The van der Waals surface area contributed by atoms with Gasteiger partial charge in [0.25, 0.3) is 5.91 Å². The van der Waals surface area contributed by atoms with Crippen LogP contribution in [-0.2, 0) is 19.6 Å². The highest BCUT2D eigenvalue weighted by Gasteiger charge is 2.26. The van der Waals surface area contributed by atoms with Gasteiger partial charge in [0.2, 0.25) is 10.0 Å². The normalized spacial score (nSPS) is 24.3. The molecule has 2 aliphatic rings. The highest BCUT2D eigenvalue weighted by atomic mass is 32.2. The quantitative estimate of drug-likeness (QED) is 0.792. The molecule has 0 bridgehead atoms. The van der Waals surface area contributed by atoms with Gasteiger partial charge in [-0.2, -0.15) is 4.31 Å². The Morgan fingerprint density at radius 1 is 1.19 bits per heavy atom. The monoisotopic (exact) mass is 396 g/mol. The number of carbonyl (C=O) groups is 1.